The van der Waals surface area contributed by atoms with Crippen LogP contribution in [0, 0.1) is 0 Å². The fourth-order valence-electron chi connectivity index (χ4n) is 11.4. The molecule has 0 saturated heterocycles. The molecule has 0 aliphatic carbocycles. The molecule has 0 spiro atoms. The Kier molecular flexibility index (Phi) is 17.5. The van der Waals surface area contributed by atoms with Crippen LogP contribution in [0.4, 0.5) is 0 Å². The third-order valence-electron chi connectivity index (χ3n) is 12.0. The van der Waals surface area contributed by atoms with Gasteiger partial charge in [-0.1, -0.05) is 0 Å². The van der Waals surface area contributed by atoms with Crippen LogP contribution in [0.2, 0.25) is 128 Å². The molecule has 2 aromatic rings. The minimum atomic E-state index is -2.29. The summed E-state index contributed by atoms with van der Waals surface area (Å²) in [6.07, 6.45) is 2.72. The van der Waals surface area contributed by atoms with Crippen molar-refractivity contribution in [3.05, 3.63) is 69.3 Å². The van der Waals surface area contributed by atoms with E-state index >= 15 is 0 Å². The third-order valence-corrected chi connectivity index (χ3v) is 47.1. The van der Waals surface area contributed by atoms with E-state index in [0.717, 1.165) is 10.5 Å². The average molecular weight is 975 g/mol. The number of rotatable bonds is 17. The summed E-state index contributed by atoms with van der Waals surface area (Å²) in [4.78, 5) is 0. The van der Waals surface area contributed by atoms with Gasteiger partial charge in [0.25, 0.3) is 0 Å². The second-order valence-electron chi connectivity index (χ2n) is 25.0. The van der Waals surface area contributed by atoms with Gasteiger partial charge in [-0.2, -0.15) is 0 Å². The standard InChI is InChI=1S/C47H90GeSeSi6/c1-33(2)37-28-39(34(3)4)43(40(29-37)35(5)6)48(27-26-36(7)32-49)44-41(46(52(14,15)16)53(17,18)19)30-38(45(50(8,9)10)51(11,12)13)31-42(44)47(54(20,21)22)55(23,24)25/h26,28-31,33-35,45-47H,27,32H2,1-25H3/b36-26-. The SMILES string of the molecule is C/C(=C/[CH2][Ge]([c]1c(C(C)C)cc(C(C)C)cc1C(C)C)[c]1c(C([Si](C)(C)C)[Si](C)(C)C)cc(C([Si](C)(C)C)[Si](C)(C)C)cc1C([Si](C)(C)C)[Si](C)(C)C)C[Se]. The molecule has 0 fully saturated rings. The topological polar surface area (TPSA) is 0 Å². The Morgan fingerprint density at radius 3 is 1.02 bits per heavy atom. The Labute approximate surface area is 364 Å². The molecule has 0 bridgehead atoms. The Balaban J connectivity index is 3.77. The molecule has 312 valence electrons. The number of allylic oxidation sites excluding steroid dienone is 2. The van der Waals surface area contributed by atoms with E-state index in [1.54, 1.807) is 16.7 Å². The molecule has 0 saturated carbocycles. The van der Waals surface area contributed by atoms with Gasteiger partial charge in [0.2, 0.25) is 0 Å². The maximum atomic E-state index is 3.39. The zero-order chi connectivity index (χ0) is 43.2. The summed E-state index contributed by atoms with van der Waals surface area (Å²) in [5.74, 6) is 1.53. The molecule has 0 aromatic heterocycles. The van der Waals surface area contributed by atoms with E-state index in [1.165, 1.54) is 16.4 Å². The van der Waals surface area contributed by atoms with E-state index in [9.17, 15) is 0 Å². The Morgan fingerprint density at radius 1 is 0.473 bits per heavy atom. The van der Waals surface area contributed by atoms with Gasteiger partial charge in [0.15, 0.2) is 0 Å². The average Bonchev–Trinajstić information content (AvgIpc) is 2.92. The van der Waals surface area contributed by atoms with Crippen molar-refractivity contribution in [3.63, 3.8) is 0 Å². The summed E-state index contributed by atoms with van der Waals surface area (Å²) < 4.78 is 3.80. The zero-order valence-electron chi connectivity index (χ0n) is 41.2. The second-order valence-corrected chi connectivity index (χ2v) is 64.1. The summed E-state index contributed by atoms with van der Waals surface area (Å²) in [5, 5.41) is 4.44. The first-order valence-electron chi connectivity index (χ1n) is 21.9. The van der Waals surface area contributed by atoms with Crippen molar-refractivity contribution < 1.29 is 0 Å². The first kappa shape index (κ1) is 51.7. The maximum absolute atomic E-state index is 3.39. The molecule has 0 amide bonds. The van der Waals surface area contributed by atoms with Crippen LogP contribution in [0.15, 0.2) is 35.9 Å². The zero-order valence-corrected chi connectivity index (χ0v) is 51.0. The van der Waals surface area contributed by atoms with E-state index in [1.807, 2.05) is 19.9 Å². The van der Waals surface area contributed by atoms with Gasteiger partial charge in [-0.25, -0.2) is 0 Å². The van der Waals surface area contributed by atoms with Gasteiger partial charge in [0.05, 0.1) is 0 Å². The van der Waals surface area contributed by atoms with Crippen LogP contribution in [-0.4, -0.2) is 78.8 Å². The molecule has 8 heteroatoms. The molecule has 2 rings (SSSR count). The van der Waals surface area contributed by atoms with Crippen molar-refractivity contribution in [3.8, 4) is 0 Å². The van der Waals surface area contributed by atoms with Crippen LogP contribution in [0.1, 0.15) is 115 Å². The summed E-state index contributed by atoms with van der Waals surface area (Å²) in [5.41, 5.74) is 12.0. The Hall–Kier alpha value is 0.544. The summed E-state index contributed by atoms with van der Waals surface area (Å²) in [7, 11) is -9.82. The molecule has 0 nitrogen and oxygen atoms in total. The molecule has 55 heavy (non-hydrogen) atoms. The van der Waals surface area contributed by atoms with E-state index in [4.69, 9.17) is 0 Å². The molecule has 0 N–H and O–H groups in total. The van der Waals surface area contributed by atoms with Crippen molar-refractivity contribution in [2.24, 2.45) is 0 Å². The van der Waals surface area contributed by atoms with Gasteiger partial charge in [-0.3, -0.25) is 0 Å². The molecule has 2 aromatic carbocycles. The van der Waals surface area contributed by atoms with E-state index in [0.29, 0.717) is 28.1 Å². The molecule has 0 aliphatic rings. The van der Waals surface area contributed by atoms with Gasteiger partial charge in [-0.05, 0) is 0 Å². The third kappa shape index (κ3) is 13.0. The van der Waals surface area contributed by atoms with Crippen molar-refractivity contribution >= 4 is 87.6 Å². The van der Waals surface area contributed by atoms with Crippen molar-refractivity contribution in [2.45, 2.75) is 210 Å². The molecule has 0 heterocycles. The van der Waals surface area contributed by atoms with Gasteiger partial charge in [0, 0.05) is 0 Å². The summed E-state index contributed by atoms with van der Waals surface area (Å²) in [6.45, 7) is 66.2. The molecule has 0 atom stereocenters. The molecule has 2 radical (unpaired) electrons. The monoisotopic (exact) mass is 976 g/mol. The minimum absolute atomic E-state index is 0.502. The van der Waals surface area contributed by atoms with E-state index in [2.05, 4.69) is 213 Å². The first-order valence-corrected chi connectivity index (χ1v) is 48.2. The molecular formula is C47H90GeSeSi6. The van der Waals surface area contributed by atoms with Gasteiger partial charge < -0.3 is 0 Å². The Bertz CT molecular complexity index is 1510. The Morgan fingerprint density at radius 2 is 0.764 bits per heavy atom. The van der Waals surface area contributed by atoms with Gasteiger partial charge in [0.1, 0.15) is 0 Å². The van der Waals surface area contributed by atoms with Crippen LogP contribution < -0.4 is 8.79 Å². The van der Waals surface area contributed by atoms with E-state index < -0.39 is 62.8 Å². The molecule has 0 unspecified atom stereocenters. The number of hydrogen-bond donors (Lipinski definition) is 0. The fourth-order valence-corrected chi connectivity index (χ4v) is 58.9. The van der Waals surface area contributed by atoms with Crippen molar-refractivity contribution in [1.29, 1.82) is 0 Å². The molecular weight excluding hydrogens is 885 g/mol. The van der Waals surface area contributed by atoms with Crippen LogP contribution in [-0.2, 0) is 0 Å². The van der Waals surface area contributed by atoms with Crippen LogP contribution >= 0.6 is 0 Å². The first-order chi connectivity index (χ1) is 24.5. The number of hydrogen-bond acceptors (Lipinski definition) is 0. The van der Waals surface area contributed by atoms with Crippen LogP contribution in [0.5, 0.6) is 0 Å². The van der Waals surface area contributed by atoms with Gasteiger partial charge >= 0.3 is 367 Å². The number of benzene rings is 2. The van der Waals surface area contributed by atoms with Gasteiger partial charge in [-0.15, -0.1) is 0 Å². The normalized spacial score (nSPS) is 14.7. The second kappa shape index (κ2) is 18.7. The predicted octanol–water partition coefficient (Wildman–Crippen LogP) is 14.7. The van der Waals surface area contributed by atoms with Crippen LogP contribution in [0.25, 0.3) is 0 Å². The predicted molar refractivity (Wildman–Crippen MR) is 278 cm³/mol. The van der Waals surface area contributed by atoms with Crippen molar-refractivity contribution in [1.82, 2.24) is 0 Å². The summed E-state index contributed by atoms with van der Waals surface area (Å²) in [6, 6.07) is 11.3. The molecule has 0 aliphatic heterocycles. The van der Waals surface area contributed by atoms with Crippen molar-refractivity contribution in [2.75, 3.05) is 0 Å². The summed E-state index contributed by atoms with van der Waals surface area (Å²) >= 11 is 1.10. The quantitative estimate of drug-likeness (QED) is 0.109. The fraction of sp³-hybridized carbons (Fsp3) is 0.702. The van der Waals surface area contributed by atoms with Crippen LogP contribution in [0.3, 0.4) is 0 Å². The van der Waals surface area contributed by atoms with E-state index in [-0.39, 0.29) is 0 Å².